The number of fused-ring (bicyclic) bond motifs is 3. The maximum Gasteiger partial charge on any atom is 0.255 e. The Balaban J connectivity index is 1.58. The van der Waals surface area contributed by atoms with Gasteiger partial charge in [-0.2, -0.15) is 0 Å². The molecule has 4 aliphatic carbocycles. The molecule has 0 aromatic heterocycles. The Morgan fingerprint density at radius 1 is 1.20 bits per heavy atom. The fraction of sp³-hybridized carbons (Fsp3) is 0.500. The number of primary amides is 1. The molecule has 214 valence electrons. The molecule has 7 N–H and O–H groups in total. The average molecular weight is 558 g/mol. The highest BCUT2D eigenvalue weighted by Gasteiger charge is 2.64. The highest BCUT2D eigenvalue weighted by atomic mass is 19.1. The lowest BCUT2D eigenvalue weighted by atomic mass is 9.57. The number of aliphatic hydroxyl groups excluding tert-OH is 2. The van der Waals surface area contributed by atoms with Crippen molar-refractivity contribution in [3.8, 4) is 5.75 Å². The number of carbonyl (C=O) groups is 4. The monoisotopic (exact) mass is 557 g/mol. The largest absolute Gasteiger partial charge is 0.508 e. The van der Waals surface area contributed by atoms with E-state index in [1.54, 1.807) is 0 Å². The van der Waals surface area contributed by atoms with Gasteiger partial charge in [-0.05, 0) is 45.2 Å². The molecule has 0 heterocycles. The number of phenols is 1. The van der Waals surface area contributed by atoms with Crippen molar-refractivity contribution < 1.29 is 44.0 Å². The summed E-state index contributed by atoms with van der Waals surface area (Å²) < 4.78 is 15.4. The molecule has 1 aromatic carbocycles. The number of Topliss-reactive ketones (excluding diaryl/α,β-unsaturated/α-hetero) is 2. The topological polar surface area (TPSA) is 190 Å². The molecule has 5 rings (SSSR count). The number of benzene rings is 1. The van der Waals surface area contributed by atoms with Gasteiger partial charge in [0.15, 0.2) is 17.1 Å². The molecular weight excluding hydrogens is 525 g/mol. The van der Waals surface area contributed by atoms with Gasteiger partial charge < -0.3 is 31.5 Å². The van der Waals surface area contributed by atoms with E-state index in [1.807, 2.05) is 0 Å². The third-order valence-electron chi connectivity index (χ3n) is 8.94. The Hall–Kier alpha value is -3.77. The van der Waals surface area contributed by atoms with Crippen LogP contribution in [0.15, 0.2) is 23.0 Å². The maximum absolute atomic E-state index is 15.4. The second kappa shape index (κ2) is 9.70. The summed E-state index contributed by atoms with van der Waals surface area (Å²) in [6.45, 7) is 0. The van der Waals surface area contributed by atoms with Crippen molar-refractivity contribution >= 4 is 34.8 Å². The molecule has 4 aliphatic rings. The summed E-state index contributed by atoms with van der Waals surface area (Å²) in [5, 5.41) is 47.2. The van der Waals surface area contributed by atoms with Crippen LogP contribution in [0.4, 0.5) is 10.1 Å². The number of anilines is 1. The zero-order chi connectivity index (χ0) is 29.3. The number of hydrogen-bond acceptors (Lipinski definition) is 9. The molecule has 0 saturated heterocycles. The number of aromatic hydroxyl groups is 1. The van der Waals surface area contributed by atoms with Gasteiger partial charge in [0.2, 0.25) is 11.7 Å². The first kappa shape index (κ1) is 27.8. The lowest BCUT2D eigenvalue weighted by Crippen LogP contribution is -2.65. The first-order chi connectivity index (χ1) is 18.8. The van der Waals surface area contributed by atoms with Gasteiger partial charge in [-0.3, -0.25) is 24.1 Å². The Kier molecular flexibility index (Phi) is 6.74. The van der Waals surface area contributed by atoms with E-state index in [2.05, 4.69) is 5.32 Å². The third kappa shape index (κ3) is 4.00. The van der Waals surface area contributed by atoms with Gasteiger partial charge in [0, 0.05) is 29.5 Å². The van der Waals surface area contributed by atoms with Crippen molar-refractivity contribution in [2.24, 2.45) is 23.5 Å². The summed E-state index contributed by atoms with van der Waals surface area (Å²) in [6.07, 6.45) is 3.72. The first-order valence-corrected chi connectivity index (χ1v) is 13.3. The molecule has 1 aromatic rings. The molecule has 11 nitrogen and oxygen atoms in total. The second-order valence-electron chi connectivity index (χ2n) is 11.5. The van der Waals surface area contributed by atoms with Gasteiger partial charge in [0.05, 0.1) is 17.3 Å². The Morgan fingerprint density at radius 3 is 2.45 bits per heavy atom. The SMILES string of the molecule is CN(C)[C@@H]1C(=O)C(C(N)=O)=C(O)[C@@]2(O)C(=O)C3=C(O)c4c(O)c(NC(=O)CCC5CCC5)cc(F)c4C[C@H]3C[C@@H]12. The molecule has 0 unspecified atom stereocenters. The predicted molar refractivity (Wildman–Crippen MR) is 139 cm³/mol. The van der Waals surface area contributed by atoms with Crippen LogP contribution in [0.5, 0.6) is 5.75 Å². The number of hydrogen-bond donors (Lipinski definition) is 6. The fourth-order valence-corrected chi connectivity index (χ4v) is 6.69. The van der Waals surface area contributed by atoms with E-state index >= 15 is 4.39 Å². The molecule has 2 fully saturated rings. The molecule has 0 radical (unpaired) electrons. The number of aliphatic hydroxyl groups is 3. The molecule has 0 bridgehead atoms. The molecule has 12 heteroatoms. The van der Waals surface area contributed by atoms with Gasteiger partial charge in [-0.15, -0.1) is 0 Å². The van der Waals surface area contributed by atoms with Gasteiger partial charge in [-0.25, -0.2) is 4.39 Å². The Bertz CT molecular complexity index is 1410. The summed E-state index contributed by atoms with van der Waals surface area (Å²) >= 11 is 0. The quantitative estimate of drug-likeness (QED) is 0.223. The van der Waals surface area contributed by atoms with Crippen LogP contribution in [0, 0.1) is 23.6 Å². The number of ketones is 2. The zero-order valence-electron chi connectivity index (χ0n) is 22.2. The minimum absolute atomic E-state index is 0.101. The normalized spacial score (nSPS) is 28.2. The smallest absolute Gasteiger partial charge is 0.255 e. The van der Waals surface area contributed by atoms with E-state index in [-0.39, 0.29) is 30.5 Å². The summed E-state index contributed by atoms with van der Waals surface area (Å²) in [6, 6.07) is -0.275. The molecule has 2 saturated carbocycles. The molecule has 0 aliphatic heterocycles. The minimum Gasteiger partial charge on any atom is -0.508 e. The molecule has 4 atom stereocenters. The van der Waals surface area contributed by atoms with E-state index in [1.165, 1.54) is 19.0 Å². The van der Waals surface area contributed by atoms with Crippen LogP contribution in [-0.2, 0) is 25.6 Å². The Morgan fingerprint density at radius 2 is 1.88 bits per heavy atom. The lowest BCUT2D eigenvalue weighted by Gasteiger charge is -2.50. The van der Waals surface area contributed by atoms with Gasteiger partial charge in [-0.1, -0.05) is 19.3 Å². The molecule has 2 amide bonds. The van der Waals surface area contributed by atoms with Crippen molar-refractivity contribution in [2.45, 2.75) is 56.6 Å². The maximum atomic E-state index is 15.4. The van der Waals surface area contributed by atoms with Crippen molar-refractivity contribution in [1.82, 2.24) is 4.90 Å². The van der Waals surface area contributed by atoms with Crippen LogP contribution in [0.25, 0.3) is 5.76 Å². The van der Waals surface area contributed by atoms with Crippen LogP contribution in [0.1, 0.15) is 49.7 Å². The number of nitrogens with two attached hydrogens (primary N) is 1. The van der Waals surface area contributed by atoms with Crippen molar-refractivity contribution in [2.75, 3.05) is 19.4 Å². The first-order valence-electron chi connectivity index (χ1n) is 13.3. The van der Waals surface area contributed by atoms with E-state index < -0.39 is 86.7 Å². The predicted octanol–water partition coefficient (Wildman–Crippen LogP) is 1.62. The minimum atomic E-state index is -2.79. The van der Waals surface area contributed by atoms with E-state index in [9.17, 15) is 39.6 Å². The number of carbonyl (C=O) groups excluding carboxylic acids is 4. The van der Waals surface area contributed by atoms with Crippen LogP contribution in [0.3, 0.4) is 0 Å². The third-order valence-corrected chi connectivity index (χ3v) is 8.94. The number of nitrogens with one attached hydrogen (secondary N) is 1. The van der Waals surface area contributed by atoms with Gasteiger partial charge in [0.25, 0.3) is 5.91 Å². The van der Waals surface area contributed by atoms with E-state index in [0.717, 1.165) is 25.3 Å². The van der Waals surface area contributed by atoms with Gasteiger partial charge in [0.1, 0.15) is 22.9 Å². The molecule has 0 spiro atoms. The summed E-state index contributed by atoms with van der Waals surface area (Å²) in [5.74, 6) is -9.02. The number of halogens is 1. The van der Waals surface area contributed by atoms with Crippen LogP contribution < -0.4 is 11.1 Å². The van der Waals surface area contributed by atoms with E-state index in [0.29, 0.717) is 12.3 Å². The van der Waals surface area contributed by atoms with Crippen LogP contribution in [-0.4, -0.2) is 74.4 Å². The second-order valence-corrected chi connectivity index (χ2v) is 11.5. The number of amides is 2. The number of nitrogens with zero attached hydrogens (tertiary/aromatic N) is 1. The van der Waals surface area contributed by atoms with Crippen molar-refractivity contribution in [3.05, 3.63) is 39.9 Å². The highest BCUT2D eigenvalue weighted by Crippen LogP contribution is 2.53. The lowest BCUT2D eigenvalue weighted by molar-refractivity contribution is -0.153. The van der Waals surface area contributed by atoms with Crippen LogP contribution in [0.2, 0.25) is 0 Å². The number of likely N-dealkylation sites (N-methyl/N-ethyl adjacent to an activating group) is 1. The number of phenolic OH excluding ortho intramolecular Hbond substituents is 1. The summed E-state index contributed by atoms with van der Waals surface area (Å²) in [5.41, 5.74) is 0.423. The molecular formula is C28H32FN3O8. The van der Waals surface area contributed by atoms with E-state index in [4.69, 9.17) is 5.73 Å². The van der Waals surface area contributed by atoms with Crippen molar-refractivity contribution in [3.63, 3.8) is 0 Å². The molecule has 40 heavy (non-hydrogen) atoms. The fourth-order valence-electron chi connectivity index (χ4n) is 6.69. The van der Waals surface area contributed by atoms with Crippen LogP contribution >= 0.6 is 0 Å². The summed E-state index contributed by atoms with van der Waals surface area (Å²) in [7, 11) is 2.99. The summed E-state index contributed by atoms with van der Waals surface area (Å²) in [4.78, 5) is 52.9. The average Bonchev–Trinajstić information content (AvgIpc) is 2.83. The number of rotatable bonds is 6. The highest BCUT2D eigenvalue weighted by molar-refractivity contribution is 6.24. The standard InChI is InChI=1S/C28H32FN3O8/c1-32(2)21-14-9-12-8-13-15(29)10-16(31-17(33)7-6-11-4-3-5-11)22(34)19(13)23(35)18(12)25(37)28(14,40)26(38)20(24(21)36)27(30)39/h10-12,14,21,34-35,38,40H,3-9H2,1-2H3,(H2,30,39)(H,31,33)/t12-,14-,21-,28-/m0/s1. The zero-order valence-corrected chi connectivity index (χ0v) is 22.2. The van der Waals surface area contributed by atoms with Gasteiger partial charge >= 0.3 is 0 Å². The Labute approximate surface area is 229 Å². The van der Waals surface area contributed by atoms with Crippen molar-refractivity contribution in [1.29, 1.82) is 0 Å².